The molecule has 0 saturated carbocycles. The van der Waals surface area contributed by atoms with E-state index in [9.17, 15) is 27.9 Å². The first-order chi connectivity index (χ1) is 34.9. The minimum absolute atomic E-state index is 0.0160. The van der Waals surface area contributed by atoms with Crippen LogP contribution in [0, 0.1) is 5.82 Å². The van der Waals surface area contributed by atoms with Crippen molar-refractivity contribution in [1.29, 1.82) is 0 Å². The molecule has 17 heteroatoms. The van der Waals surface area contributed by atoms with Gasteiger partial charge in [0.05, 0.1) is 23.6 Å². The lowest BCUT2D eigenvalue weighted by atomic mass is 9.95. The lowest BCUT2D eigenvalue weighted by Crippen LogP contribution is -2.30. The predicted molar refractivity (Wildman–Crippen MR) is 271 cm³/mol. The van der Waals surface area contributed by atoms with Crippen molar-refractivity contribution in [2.45, 2.75) is 25.7 Å². The molecule has 1 atom stereocenters. The van der Waals surface area contributed by atoms with Gasteiger partial charge in [-0.15, -0.1) is 0 Å². The molecular formula is C55H45FN6O9S. The normalized spacial score (nSPS) is 13.5. The number of pyridine rings is 1. The number of aliphatic hydroxyl groups excluding tert-OH is 1. The lowest BCUT2D eigenvalue weighted by Gasteiger charge is -2.21. The van der Waals surface area contributed by atoms with Crippen LogP contribution in [-0.2, 0) is 46.7 Å². The van der Waals surface area contributed by atoms with Crippen LogP contribution in [0.2, 0.25) is 0 Å². The number of halogens is 1. The number of fused-ring (bicyclic) bond motifs is 2. The van der Waals surface area contributed by atoms with Crippen LogP contribution in [0.25, 0.3) is 38.6 Å². The van der Waals surface area contributed by atoms with Crippen LogP contribution in [-0.4, -0.2) is 52.6 Å². The monoisotopic (exact) mass is 984 g/mol. The van der Waals surface area contributed by atoms with Crippen molar-refractivity contribution in [2.24, 2.45) is 7.05 Å². The number of hydrogen-bond acceptors (Lipinski definition) is 10. The summed E-state index contributed by atoms with van der Waals surface area (Å²) >= 11 is 0. The van der Waals surface area contributed by atoms with E-state index < -0.39 is 52.6 Å². The van der Waals surface area contributed by atoms with E-state index >= 15 is 4.39 Å². The molecule has 3 N–H and O–H groups in total. The number of hydrogen-bond donors (Lipinski definition) is 3. The first-order valence-electron chi connectivity index (χ1n) is 22.8. The number of aromatic nitrogens is 3. The van der Waals surface area contributed by atoms with Crippen LogP contribution < -0.4 is 34.2 Å². The molecule has 0 radical (unpaired) electrons. The number of aliphatic hydroxyl groups is 1. The number of carbonyl (C=O) groups excluding carboxylic acids is 2. The third-order valence-electron chi connectivity index (χ3n) is 12.3. The highest BCUT2D eigenvalue weighted by Crippen LogP contribution is 2.41. The summed E-state index contributed by atoms with van der Waals surface area (Å²) in [5.41, 5.74) is 5.95. The summed E-state index contributed by atoms with van der Waals surface area (Å²) in [5.74, 6) is -2.87. The minimum atomic E-state index is -4.40. The van der Waals surface area contributed by atoms with Gasteiger partial charge in [-0.1, -0.05) is 121 Å². The topological polar surface area (TPSA) is 183 Å². The van der Waals surface area contributed by atoms with Gasteiger partial charge in [0, 0.05) is 24.2 Å². The van der Waals surface area contributed by atoms with Crippen LogP contribution in [0.5, 0.6) is 17.5 Å². The van der Waals surface area contributed by atoms with Crippen molar-refractivity contribution in [3.05, 3.63) is 208 Å². The molecule has 1 saturated heterocycles. The highest BCUT2D eigenvalue weighted by Gasteiger charge is 2.38. The van der Waals surface area contributed by atoms with Crippen molar-refractivity contribution in [2.75, 3.05) is 22.8 Å². The highest BCUT2D eigenvalue weighted by atomic mass is 32.2. The smallest absolute Gasteiger partial charge is 0.333 e. The number of nitrogens with one attached hydrogen (secondary N) is 2. The van der Waals surface area contributed by atoms with E-state index in [4.69, 9.17) is 19.2 Å². The molecule has 1 aliphatic rings. The number of benzene rings is 7. The Hall–Kier alpha value is -8.80. The van der Waals surface area contributed by atoms with Crippen molar-refractivity contribution in [1.82, 2.24) is 18.8 Å². The molecule has 2 amide bonds. The van der Waals surface area contributed by atoms with Crippen LogP contribution in [0.15, 0.2) is 175 Å². The number of ether oxygens (including phenoxy) is 3. The Labute approximate surface area is 412 Å². The highest BCUT2D eigenvalue weighted by molar-refractivity contribution is 7.92. The van der Waals surface area contributed by atoms with Gasteiger partial charge in [0.2, 0.25) is 17.7 Å². The van der Waals surface area contributed by atoms with Gasteiger partial charge in [0.1, 0.15) is 43.5 Å². The molecule has 3 heterocycles. The van der Waals surface area contributed by atoms with Crippen molar-refractivity contribution in [3.63, 3.8) is 0 Å². The molecular weight excluding hydrogens is 940 g/mol. The quantitative estimate of drug-likeness (QED) is 0.0851. The molecule has 15 nitrogen and oxygen atoms in total. The van der Waals surface area contributed by atoms with Crippen molar-refractivity contribution in [3.8, 4) is 34.3 Å². The molecule has 2 aromatic heterocycles. The van der Waals surface area contributed by atoms with Crippen molar-refractivity contribution < 1.29 is 41.7 Å². The summed E-state index contributed by atoms with van der Waals surface area (Å²) in [6.07, 6.45) is 0. The molecule has 362 valence electrons. The van der Waals surface area contributed by atoms with Gasteiger partial charge in [-0.25, -0.2) is 18.2 Å². The zero-order valence-electron chi connectivity index (χ0n) is 38.6. The number of amides is 2. The summed E-state index contributed by atoms with van der Waals surface area (Å²) in [4.78, 5) is 44.7. The Morgan fingerprint density at radius 1 is 0.736 bits per heavy atom. The first-order valence-corrected chi connectivity index (χ1v) is 24.2. The Morgan fingerprint density at radius 2 is 1.36 bits per heavy atom. The fourth-order valence-electron chi connectivity index (χ4n) is 8.59. The number of aryl methyl sites for hydroxylation is 1. The Morgan fingerprint density at radius 3 is 1.99 bits per heavy atom. The average Bonchev–Trinajstić information content (AvgIpc) is 3.82. The van der Waals surface area contributed by atoms with E-state index in [1.165, 1.54) is 24.3 Å². The molecule has 10 rings (SSSR count). The lowest BCUT2D eigenvalue weighted by molar-refractivity contribution is -0.118. The van der Waals surface area contributed by atoms with Gasteiger partial charge in [-0.3, -0.25) is 18.7 Å². The molecule has 7 aromatic carbocycles. The molecule has 72 heavy (non-hydrogen) atoms. The molecule has 1 aliphatic heterocycles. The molecule has 0 spiro atoms. The summed E-state index contributed by atoms with van der Waals surface area (Å²) in [7, 11) is -2.70. The van der Waals surface area contributed by atoms with E-state index in [0.29, 0.717) is 39.1 Å². The SMILES string of the molecule is Cn1c(=O)n(-c2ccc(OCc3ccccc3)nc2OCc2ccccc2)c2ccc(-c3ccc(C(CO)C(=O)Nc4ccc5c(F)c(N6CC(=O)NS6(=O)=O)c(OCc6ccccc6)cc5c4)cc3)cc21. The van der Waals surface area contributed by atoms with Crippen LogP contribution in [0.3, 0.4) is 0 Å². The Balaban J connectivity index is 0.892. The van der Waals surface area contributed by atoms with Crippen LogP contribution in [0.4, 0.5) is 15.8 Å². The van der Waals surface area contributed by atoms with Gasteiger partial charge in [-0.2, -0.15) is 13.4 Å². The minimum Gasteiger partial charge on any atom is -0.487 e. The fourth-order valence-corrected chi connectivity index (χ4v) is 9.75. The van der Waals surface area contributed by atoms with E-state index in [2.05, 4.69) is 5.32 Å². The van der Waals surface area contributed by atoms with Gasteiger partial charge in [-0.05, 0) is 81.2 Å². The van der Waals surface area contributed by atoms with Crippen LogP contribution >= 0.6 is 0 Å². The van der Waals surface area contributed by atoms with Gasteiger partial charge in [0.25, 0.3) is 5.91 Å². The van der Waals surface area contributed by atoms with Crippen molar-refractivity contribution >= 4 is 55.2 Å². The number of nitrogens with zero attached hydrogens (tertiary/aromatic N) is 4. The first kappa shape index (κ1) is 46.9. The number of carbonyl (C=O) groups is 2. The molecule has 0 bridgehead atoms. The summed E-state index contributed by atoms with van der Waals surface area (Å²) in [6, 6.07) is 50.4. The maximum atomic E-state index is 16.4. The van der Waals surface area contributed by atoms with Crippen LogP contribution in [0.1, 0.15) is 28.2 Å². The number of rotatable bonds is 16. The van der Waals surface area contributed by atoms with Gasteiger partial charge >= 0.3 is 15.9 Å². The predicted octanol–water partition coefficient (Wildman–Crippen LogP) is 8.32. The Bertz CT molecular complexity index is 3670. The van der Waals surface area contributed by atoms with Gasteiger partial charge in [0.15, 0.2) is 5.82 Å². The Kier molecular flexibility index (Phi) is 13.0. The standard InChI is InChI=1S/C55H45FN6O9S/c1-60-47-28-40(21-24-45(47)62(55(60)66)46-25-26-50(70-33-36-13-7-3-8-14-36)58-54(46)71-34-37-15-9-4-10-16-37)38-17-19-39(20-18-38)44(31-63)53(65)57-42-22-23-43-41(27-42)29-48(69-32-35-11-5-2-6-12-35)52(51(43)56)61-30-49(64)59-72(61,67)68/h2-29,44,63H,30-34H2,1H3,(H,57,65)(H,59,64). The van der Waals surface area contributed by atoms with Gasteiger partial charge < -0.3 is 24.6 Å². The largest absolute Gasteiger partial charge is 0.487 e. The van der Waals surface area contributed by atoms with E-state index in [1.807, 2.05) is 102 Å². The summed E-state index contributed by atoms with van der Waals surface area (Å²) in [6.45, 7) is -0.694. The van der Waals surface area contributed by atoms with E-state index in [-0.39, 0.29) is 47.0 Å². The molecule has 0 aliphatic carbocycles. The maximum absolute atomic E-state index is 16.4. The third-order valence-corrected chi connectivity index (χ3v) is 13.7. The summed E-state index contributed by atoms with van der Waals surface area (Å²) < 4.78 is 66.1. The number of anilines is 2. The molecule has 9 aromatic rings. The molecule has 1 unspecified atom stereocenters. The number of imidazole rings is 1. The average molecular weight is 985 g/mol. The zero-order chi connectivity index (χ0) is 49.9. The maximum Gasteiger partial charge on any atom is 0.333 e. The molecule has 1 fully saturated rings. The summed E-state index contributed by atoms with van der Waals surface area (Å²) in [5, 5.41) is 13.6. The van der Waals surface area contributed by atoms with E-state index in [0.717, 1.165) is 27.8 Å². The third kappa shape index (κ3) is 9.57. The second-order valence-electron chi connectivity index (χ2n) is 17.0. The second-order valence-corrected chi connectivity index (χ2v) is 18.6. The second kappa shape index (κ2) is 19.9. The fraction of sp³-hybridized carbons (Fsp3) is 0.127. The zero-order valence-corrected chi connectivity index (χ0v) is 39.4. The van der Waals surface area contributed by atoms with E-state index in [1.54, 1.807) is 64.7 Å².